The van der Waals surface area contributed by atoms with Crippen molar-refractivity contribution in [2.45, 2.75) is 24.7 Å². The third-order valence-corrected chi connectivity index (χ3v) is 6.90. The molecule has 8 nitrogen and oxygen atoms in total. The highest BCUT2D eigenvalue weighted by Crippen LogP contribution is 2.46. The first kappa shape index (κ1) is 20.2. The largest absolute Gasteiger partial charge is 0.378 e. The number of rotatable bonds is 3. The highest BCUT2D eigenvalue weighted by Gasteiger charge is 2.45. The lowest BCUT2D eigenvalue weighted by atomic mass is 9.74. The standard InChI is InChI=1S/C23H29N5O3/c1-26-8-6-23(7-9-26)16-28(18-5-3-2-4-17(18)23)22(30)14-19-24-20(15-21(29)25-19)27-10-12-31-13-11-27/h2-5,15H,6-14,16H2,1H3,(H,24,25,29). The molecule has 2 aromatic rings. The van der Waals surface area contributed by atoms with Crippen molar-refractivity contribution in [2.24, 2.45) is 0 Å². The number of H-pyrrole nitrogens is 1. The van der Waals surface area contributed by atoms with Crippen LogP contribution >= 0.6 is 0 Å². The van der Waals surface area contributed by atoms with Gasteiger partial charge in [0.2, 0.25) is 5.91 Å². The quantitative estimate of drug-likeness (QED) is 0.798. The number of hydrogen-bond donors (Lipinski definition) is 1. The molecule has 1 aromatic carbocycles. The highest BCUT2D eigenvalue weighted by molar-refractivity contribution is 5.97. The van der Waals surface area contributed by atoms with Gasteiger partial charge in [-0.3, -0.25) is 9.59 Å². The molecule has 2 saturated heterocycles. The predicted molar refractivity (Wildman–Crippen MR) is 119 cm³/mol. The molecule has 0 atom stereocenters. The number of nitrogens with one attached hydrogen (secondary N) is 1. The van der Waals surface area contributed by atoms with E-state index < -0.39 is 0 Å². The first-order chi connectivity index (χ1) is 15.0. The van der Waals surface area contributed by atoms with Crippen LogP contribution in [0.2, 0.25) is 0 Å². The van der Waals surface area contributed by atoms with Gasteiger partial charge in [0.05, 0.1) is 19.6 Å². The molecule has 2 fully saturated rings. The summed E-state index contributed by atoms with van der Waals surface area (Å²) >= 11 is 0. The summed E-state index contributed by atoms with van der Waals surface area (Å²) in [6.45, 7) is 5.39. The number of nitrogens with zero attached hydrogens (tertiary/aromatic N) is 4. The molecule has 0 aliphatic carbocycles. The first-order valence-electron chi connectivity index (χ1n) is 11.1. The van der Waals surface area contributed by atoms with Crippen LogP contribution in [0.5, 0.6) is 0 Å². The van der Waals surface area contributed by atoms with Gasteiger partial charge in [0, 0.05) is 36.8 Å². The topological polar surface area (TPSA) is 81.8 Å². The Morgan fingerprint density at radius 3 is 2.68 bits per heavy atom. The fourth-order valence-electron chi connectivity index (χ4n) is 5.10. The lowest BCUT2D eigenvalue weighted by Crippen LogP contribution is -2.45. The van der Waals surface area contributed by atoms with Crippen molar-refractivity contribution >= 4 is 17.4 Å². The molecule has 4 heterocycles. The number of para-hydroxylation sites is 1. The van der Waals surface area contributed by atoms with Gasteiger partial charge in [0.15, 0.2) is 0 Å². The summed E-state index contributed by atoms with van der Waals surface area (Å²) in [5.74, 6) is 1.01. The minimum Gasteiger partial charge on any atom is -0.378 e. The summed E-state index contributed by atoms with van der Waals surface area (Å²) in [5, 5.41) is 0. The van der Waals surface area contributed by atoms with Gasteiger partial charge in [-0.25, -0.2) is 4.98 Å². The number of morpholine rings is 1. The predicted octanol–water partition coefficient (Wildman–Crippen LogP) is 1.16. The first-order valence-corrected chi connectivity index (χ1v) is 11.1. The fourth-order valence-corrected chi connectivity index (χ4v) is 5.10. The molecule has 0 bridgehead atoms. The zero-order valence-corrected chi connectivity index (χ0v) is 18.0. The molecule has 0 unspecified atom stereocenters. The van der Waals surface area contributed by atoms with Crippen LogP contribution in [-0.2, 0) is 21.4 Å². The summed E-state index contributed by atoms with van der Waals surface area (Å²) in [4.78, 5) is 39.3. The smallest absolute Gasteiger partial charge is 0.252 e. The molecule has 8 heteroatoms. The van der Waals surface area contributed by atoms with Crippen LogP contribution in [0.4, 0.5) is 11.5 Å². The van der Waals surface area contributed by atoms with E-state index in [0.29, 0.717) is 44.5 Å². The molecule has 1 aromatic heterocycles. The monoisotopic (exact) mass is 423 g/mol. The van der Waals surface area contributed by atoms with Crippen molar-refractivity contribution in [1.82, 2.24) is 14.9 Å². The van der Waals surface area contributed by atoms with E-state index in [4.69, 9.17) is 4.74 Å². The fraction of sp³-hybridized carbons (Fsp3) is 0.522. The maximum absolute atomic E-state index is 13.4. The van der Waals surface area contributed by atoms with Gasteiger partial charge in [-0.15, -0.1) is 0 Å². The minimum absolute atomic E-state index is 0.0227. The van der Waals surface area contributed by atoms with E-state index in [0.717, 1.165) is 31.6 Å². The third kappa shape index (κ3) is 3.85. The highest BCUT2D eigenvalue weighted by atomic mass is 16.5. The molecule has 1 spiro atoms. The van der Waals surface area contributed by atoms with Crippen LogP contribution in [0.25, 0.3) is 0 Å². The van der Waals surface area contributed by atoms with Crippen molar-refractivity contribution < 1.29 is 9.53 Å². The van der Waals surface area contributed by atoms with Crippen molar-refractivity contribution in [2.75, 3.05) is 62.8 Å². The van der Waals surface area contributed by atoms with E-state index >= 15 is 0 Å². The Hall–Kier alpha value is -2.71. The summed E-state index contributed by atoms with van der Waals surface area (Å²) < 4.78 is 5.39. The summed E-state index contributed by atoms with van der Waals surface area (Å²) in [7, 11) is 2.15. The van der Waals surface area contributed by atoms with E-state index in [9.17, 15) is 9.59 Å². The number of likely N-dealkylation sites (tertiary alicyclic amines) is 1. The Labute approximate surface area is 181 Å². The number of fused-ring (bicyclic) bond motifs is 2. The second-order valence-corrected chi connectivity index (χ2v) is 8.91. The van der Waals surface area contributed by atoms with Gasteiger partial charge < -0.3 is 24.4 Å². The number of carbonyl (C=O) groups excluding carboxylic acids is 1. The number of carbonyl (C=O) groups is 1. The molecule has 1 amide bonds. The van der Waals surface area contributed by atoms with Crippen molar-refractivity contribution in [3.63, 3.8) is 0 Å². The number of piperidine rings is 1. The molecule has 164 valence electrons. The maximum atomic E-state index is 13.4. The second kappa shape index (κ2) is 8.09. The summed E-state index contributed by atoms with van der Waals surface area (Å²) in [6.07, 6.45) is 2.18. The molecule has 0 radical (unpaired) electrons. The van der Waals surface area contributed by atoms with Crippen molar-refractivity contribution in [3.8, 4) is 0 Å². The summed E-state index contributed by atoms with van der Waals surface area (Å²) in [6, 6.07) is 9.77. The molecular weight excluding hydrogens is 394 g/mol. The molecular formula is C23H29N5O3. The number of benzene rings is 1. The minimum atomic E-state index is -0.229. The van der Waals surface area contributed by atoms with Gasteiger partial charge in [-0.1, -0.05) is 18.2 Å². The number of aromatic nitrogens is 2. The van der Waals surface area contributed by atoms with Gasteiger partial charge in [-0.2, -0.15) is 0 Å². The molecule has 1 N–H and O–H groups in total. The van der Waals surface area contributed by atoms with Gasteiger partial charge in [0.1, 0.15) is 11.6 Å². The van der Waals surface area contributed by atoms with Crippen LogP contribution in [0.15, 0.2) is 35.1 Å². The lowest BCUT2D eigenvalue weighted by molar-refractivity contribution is -0.118. The average Bonchev–Trinajstić information content (AvgIpc) is 3.11. The van der Waals surface area contributed by atoms with E-state index in [-0.39, 0.29) is 23.3 Å². The van der Waals surface area contributed by atoms with Crippen LogP contribution in [0.3, 0.4) is 0 Å². The Morgan fingerprint density at radius 1 is 1.16 bits per heavy atom. The van der Waals surface area contributed by atoms with Crippen LogP contribution in [0, 0.1) is 0 Å². The molecule has 31 heavy (non-hydrogen) atoms. The number of hydrogen-bond acceptors (Lipinski definition) is 6. The van der Waals surface area contributed by atoms with Gasteiger partial charge >= 0.3 is 0 Å². The van der Waals surface area contributed by atoms with Crippen LogP contribution < -0.4 is 15.4 Å². The normalized spacial score (nSPS) is 20.8. The molecule has 3 aliphatic rings. The van der Waals surface area contributed by atoms with E-state index in [1.807, 2.05) is 21.9 Å². The maximum Gasteiger partial charge on any atom is 0.252 e. The van der Waals surface area contributed by atoms with Crippen LogP contribution in [-0.4, -0.2) is 73.8 Å². The number of amides is 1. The van der Waals surface area contributed by atoms with E-state index in [1.54, 1.807) is 0 Å². The van der Waals surface area contributed by atoms with Crippen molar-refractivity contribution in [3.05, 3.63) is 52.1 Å². The number of aromatic amines is 1. The Morgan fingerprint density at radius 2 is 1.90 bits per heavy atom. The van der Waals surface area contributed by atoms with E-state index in [2.05, 4.69) is 34.0 Å². The zero-order chi connectivity index (χ0) is 21.4. The summed E-state index contributed by atoms with van der Waals surface area (Å²) in [5.41, 5.74) is 2.08. The second-order valence-electron chi connectivity index (χ2n) is 8.91. The third-order valence-electron chi connectivity index (χ3n) is 6.90. The average molecular weight is 424 g/mol. The van der Waals surface area contributed by atoms with E-state index in [1.165, 1.54) is 11.6 Å². The molecule has 5 rings (SSSR count). The van der Waals surface area contributed by atoms with Crippen molar-refractivity contribution in [1.29, 1.82) is 0 Å². The zero-order valence-electron chi connectivity index (χ0n) is 18.0. The number of anilines is 2. The Balaban J connectivity index is 1.39. The Kier molecular flexibility index (Phi) is 5.27. The molecule has 0 saturated carbocycles. The molecule has 3 aliphatic heterocycles. The van der Waals surface area contributed by atoms with Gasteiger partial charge in [0.25, 0.3) is 5.56 Å². The SMILES string of the molecule is CN1CCC2(CC1)CN(C(=O)Cc1nc(N3CCOCC3)cc(=O)[nH]1)c1ccccc12. The van der Waals surface area contributed by atoms with Crippen LogP contribution in [0.1, 0.15) is 24.2 Å². The van der Waals surface area contributed by atoms with Gasteiger partial charge in [-0.05, 0) is 44.6 Å². The Bertz CT molecular complexity index is 1020. The lowest BCUT2D eigenvalue weighted by Gasteiger charge is -2.38. The number of ether oxygens (including phenoxy) is 1.